The summed E-state index contributed by atoms with van der Waals surface area (Å²) >= 11 is 0. The van der Waals surface area contributed by atoms with Gasteiger partial charge in [0.15, 0.2) is 6.04 Å². The van der Waals surface area contributed by atoms with Crippen LogP contribution < -0.4 is 15.2 Å². The Morgan fingerprint density at radius 1 is 1.35 bits per heavy atom. The molecule has 2 N–H and O–H groups in total. The van der Waals surface area contributed by atoms with Crippen molar-refractivity contribution in [3.05, 3.63) is 46.0 Å². The molecule has 3 aromatic rings. The Bertz CT molecular complexity index is 1120. The summed E-state index contributed by atoms with van der Waals surface area (Å²) in [5, 5.41) is 13.8. The molecule has 3 atom stereocenters. The topological polar surface area (TPSA) is 90.1 Å². The highest BCUT2D eigenvalue weighted by atomic mass is 16.5. The third-order valence-electron chi connectivity index (χ3n) is 6.80. The number of nitrogens with one attached hydrogen (secondary N) is 2. The van der Waals surface area contributed by atoms with Crippen LogP contribution in [-0.2, 0) is 5.54 Å². The zero-order chi connectivity index (χ0) is 22.2. The van der Waals surface area contributed by atoms with E-state index in [4.69, 9.17) is 4.74 Å². The van der Waals surface area contributed by atoms with Gasteiger partial charge in [-0.25, -0.2) is 4.68 Å². The maximum atomic E-state index is 13.3. The highest BCUT2D eigenvalue weighted by Crippen LogP contribution is 2.26. The Kier molecular flexibility index (Phi) is 5.83. The van der Waals surface area contributed by atoms with Crippen molar-refractivity contribution in [3.63, 3.8) is 0 Å². The second kappa shape index (κ2) is 8.42. The molecule has 1 fully saturated rings. The highest BCUT2D eigenvalue weighted by Gasteiger charge is 2.38. The second-order valence-electron chi connectivity index (χ2n) is 9.41. The molecule has 0 aliphatic carbocycles. The third kappa shape index (κ3) is 4.08. The Balaban J connectivity index is 1.89. The molecule has 8 nitrogen and oxygen atoms in total. The first-order valence-corrected chi connectivity index (χ1v) is 11.2. The Morgan fingerprint density at radius 2 is 2.16 bits per heavy atom. The van der Waals surface area contributed by atoms with Crippen LogP contribution in [0.25, 0.3) is 10.9 Å². The van der Waals surface area contributed by atoms with Crippen LogP contribution in [0.15, 0.2) is 29.1 Å². The number of methoxy groups -OCH3 is 1. The minimum Gasteiger partial charge on any atom is -0.497 e. The summed E-state index contributed by atoms with van der Waals surface area (Å²) in [5.41, 5.74) is 1.14. The van der Waals surface area contributed by atoms with Crippen LogP contribution in [0.3, 0.4) is 0 Å². The molecule has 1 aliphatic rings. The summed E-state index contributed by atoms with van der Waals surface area (Å²) in [6.45, 7) is 10.7. The lowest BCUT2D eigenvalue weighted by Crippen LogP contribution is -3.14. The molecule has 0 radical (unpaired) electrons. The Hall–Kier alpha value is -2.74. The lowest BCUT2D eigenvalue weighted by Gasteiger charge is -2.35. The number of likely N-dealkylation sites (tertiary alicyclic amines) is 1. The summed E-state index contributed by atoms with van der Waals surface area (Å²) in [5.74, 6) is 2.07. The smallest absolute Gasteiger partial charge is 0.258 e. The minimum absolute atomic E-state index is 0.0969. The third-order valence-corrected chi connectivity index (χ3v) is 6.80. The van der Waals surface area contributed by atoms with Crippen LogP contribution in [0.5, 0.6) is 5.75 Å². The first kappa shape index (κ1) is 21.5. The molecule has 8 heteroatoms. The van der Waals surface area contributed by atoms with Crippen LogP contribution in [0, 0.1) is 5.92 Å². The predicted octanol–water partition coefficient (Wildman–Crippen LogP) is 2.07. The maximum absolute atomic E-state index is 13.3. The summed E-state index contributed by atoms with van der Waals surface area (Å²) in [6, 6.07) is 7.54. The molecular weight excluding hydrogens is 392 g/mol. The van der Waals surface area contributed by atoms with E-state index in [2.05, 4.69) is 48.2 Å². The molecule has 4 rings (SSSR count). The zero-order valence-electron chi connectivity index (χ0n) is 19.1. The van der Waals surface area contributed by atoms with Crippen LogP contribution >= 0.6 is 0 Å². The average Bonchev–Trinajstić information content (AvgIpc) is 3.24. The van der Waals surface area contributed by atoms with Crippen molar-refractivity contribution in [2.75, 3.05) is 20.2 Å². The van der Waals surface area contributed by atoms with E-state index in [1.54, 1.807) is 7.11 Å². The molecule has 0 saturated carbocycles. The normalized spacial score (nSPS) is 20.7. The summed E-state index contributed by atoms with van der Waals surface area (Å²) in [4.78, 5) is 17.8. The molecule has 0 amide bonds. The molecule has 166 valence electrons. The molecule has 1 saturated heterocycles. The molecule has 2 aromatic heterocycles. The number of hydrogen-bond acceptors (Lipinski definition) is 5. The Labute approximate surface area is 182 Å². The number of quaternary nitrogens is 1. The number of ether oxygens (including phenoxy) is 1. The van der Waals surface area contributed by atoms with Crippen molar-refractivity contribution in [1.29, 1.82) is 0 Å². The van der Waals surface area contributed by atoms with Gasteiger partial charge in [-0.1, -0.05) is 13.8 Å². The van der Waals surface area contributed by atoms with Gasteiger partial charge < -0.3 is 14.6 Å². The molecule has 0 spiro atoms. The molecule has 31 heavy (non-hydrogen) atoms. The van der Waals surface area contributed by atoms with Crippen LogP contribution in [0.4, 0.5) is 0 Å². The van der Waals surface area contributed by atoms with Gasteiger partial charge in [0.1, 0.15) is 5.75 Å². The maximum Gasteiger partial charge on any atom is 0.258 e. The van der Waals surface area contributed by atoms with E-state index in [0.717, 1.165) is 48.4 Å². The Morgan fingerprint density at radius 3 is 2.87 bits per heavy atom. The van der Waals surface area contributed by atoms with E-state index in [-0.39, 0.29) is 17.1 Å². The summed E-state index contributed by atoms with van der Waals surface area (Å²) in [6.07, 6.45) is 3.24. The van der Waals surface area contributed by atoms with Crippen molar-refractivity contribution in [1.82, 2.24) is 25.2 Å². The fraction of sp³-hybridized carbons (Fsp3) is 0.565. The first-order chi connectivity index (χ1) is 14.8. The monoisotopic (exact) mass is 425 g/mol. The largest absolute Gasteiger partial charge is 0.497 e. The molecular formula is C23H33N6O2+. The number of fused-ring (bicyclic) bond motifs is 1. The number of aromatic amines is 1. The zero-order valence-corrected chi connectivity index (χ0v) is 19.1. The number of benzene rings is 1. The SMILES string of the molecule is CCC(C)(C)n1nnnc1[C@@H](c1cc2ccc(OC)cc2[nH]c1=O)[NH+]1CCC[C@H](C)C1. The van der Waals surface area contributed by atoms with E-state index in [1.165, 1.54) is 11.3 Å². The standard InChI is InChI=1S/C23H32N6O2/c1-6-23(3,4)29-21(25-26-27-29)20(28-11-7-8-15(2)14-28)18-12-16-9-10-17(31-5)13-19(16)24-22(18)30/h9-10,12-13,15,20H,6-8,11,14H2,1-5H3,(H,24,30)/p+1/t15-,20+/m0/s1. The average molecular weight is 426 g/mol. The van der Waals surface area contributed by atoms with Gasteiger partial charge in [0.25, 0.3) is 5.56 Å². The van der Waals surface area contributed by atoms with Gasteiger partial charge in [-0.2, -0.15) is 0 Å². The lowest BCUT2D eigenvalue weighted by molar-refractivity contribution is -0.934. The van der Waals surface area contributed by atoms with E-state index in [0.29, 0.717) is 11.5 Å². The first-order valence-electron chi connectivity index (χ1n) is 11.2. The van der Waals surface area contributed by atoms with Crippen molar-refractivity contribution < 1.29 is 9.64 Å². The number of tetrazole rings is 1. The number of aromatic nitrogens is 5. The van der Waals surface area contributed by atoms with Gasteiger partial charge in [0, 0.05) is 12.0 Å². The van der Waals surface area contributed by atoms with E-state index < -0.39 is 0 Å². The molecule has 1 aromatic carbocycles. The number of nitrogens with zero attached hydrogens (tertiary/aromatic N) is 4. The summed E-state index contributed by atoms with van der Waals surface area (Å²) < 4.78 is 7.23. The second-order valence-corrected chi connectivity index (χ2v) is 9.41. The van der Waals surface area contributed by atoms with Gasteiger partial charge >= 0.3 is 0 Å². The van der Waals surface area contributed by atoms with Gasteiger partial charge in [-0.3, -0.25) is 4.79 Å². The van der Waals surface area contributed by atoms with E-state index in [1.807, 2.05) is 28.9 Å². The summed E-state index contributed by atoms with van der Waals surface area (Å²) in [7, 11) is 1.62. The quantitative estimate of drug-likeness (QED) is 0.631. The predicted molar refractivity (Wildman–Crippen MR) is 119 cm³/mol. The molecule has 1 aliphatic heterocycles. The van der Waals surface area contributed by atoms with Crippen molar-refractivity contribution >= 4 is 10.9 Å². The van der Waals surface area contributed by atoms with Crippen LogP contribution in [0.2, 0.25) is 0 Å². The number of H-pyrrole nitrogens is 1. The highest BCUT2D eigenvalue weighted by molar-refractivity contribution is 5.80. The van der Waals surface area contributed by atoms with Crippen LogP contribution in [-0.4, -0.2) is 45.4 Å². The van der Waals surface area contributed by atoms with Gasteiger partial charge in [-0.05, 0) is 67.1 Å². The van der Waals surface area contributed by atoms with Gasteiger partial charge in [0.05, 0.1) is 36.8 Å². The molecule has 1 unspecified atom stereocenters. The van der Waals surface area contributed by atoms with E-state index in [9.17, 15) is 4.79 Å². The molecule has 0 bridgehead atoms. The van der Waals surface area contributed by atoms with Crippen LogP contribution in [0.1, 0.15) is 64.4 Å². The molecule has 3 heterocycles. The van der Waals surface area contributed by atoms with Crippen molar-refractivity contribution in [2.24, 2.45) is 5.92 Å². The van der Waals surface area contributed by atoms with Crippen molar-refractivity contribution in [2.45, 2.75) is 58.5 Å². The fourth-order valence-corrected chi connectivity index (χ4v) is 4.63. The number of hydrogen-bond donors (Lipinski definition) is 2. The minimum atomic E-state index is -0.241. The fourth-order valence-electron chi connectivity index (χ4n) is 4.63. The lowest BCUT2D eigenvalue weighted by atomic mass is 9.94. The van der Waals surface area contributed by atoms with Gasteiger partial charge in [-0.15, -0.1) is 5.10 Å². The van der Waals surface area contributed by atoms with E-state index >= 15 is 0 Å². The number of pyridine rings is 1. The van der Waals surface area contributed by atoms with Crippen molar-refractivity contribution in [3.8, 4) is 5.75 Å². The number of rotatable bonds is 6. The van der Waals surface area contributed by atoms with Gasteiger partial charge in [0.2, 0.25) is 5.82 Å². The number of piperidine rings is 1.